The van der Waals surface area contributed by atoms with Crippen LogP contribution in [-0.2, 0) is 0 Å². The third-order valence-electron chi connectivity index (χ3n) is 4.56. The van der Waals surface area contributed by atoms with E-state index in [2.05, 4.69) is 5.32 Å². The Balaban J connectivity index is 1.62. The highest BCUT2D eigenvalue weighted by molar-refractivity contribution is 6.34. The summed E-state index contributed by atoms with van der Waals surface area (Å²) in [4.78, 5) is 39.1. The molecule has 144 valence electrons. The molecular weight excluding hydrogens is 392 g/mol. The highest BCUT2D eigenvalue weighted by Gasteiger charge is 2.36. The van der Waals surface area contributed by atoms with Gasteiger partial charge in [0.2, 0.25) is 0 Å². The molecule has 0 atom stereocenters. The lowest BCUT2D eigenvalue weighted by Gasteiger charge is -2.16. The molecule has 0 aliphatic carbocycles. The SMILES string of the molecule is COc1ccc(Cl)cc1C(=O)Nc1cccc(N2C(=O)c3ccccc3C2=O)c1. The second kappa shape index (κ2) is 7.41. The van der Waals surface area contributed by atoms with Gasteiger partial charge in [0.25, 0.3) is 17.7 Å². The number of nitrogens with zero attached hydrogens (tertiary/aromatic N) is 1. The summed E-state index contributed by atoms with van der Waals surface area (Å²) < 4.78 is 5.21. The Morgan fingerprint density at radius 2 is 1.62 bits per heavy atom. The predicted molar refractivity (Wildman–Crippen MR) is 110 cm³/mol. The molecule has 1 N–H and O–H groups in total. The van der Waals surface area contributed by atoms with E-state index in [0.29, 0.717) is 33.3 Å². The second-order valence-corrected chi connectivity index (χ2v) is 6.78. The lowest BCUT2D eigenvalue weighted by Crippen LogP contribution is -2.29. The van der Waals surface area contributed by atoms with Crippen molar-refractivity contribution in [3.8, 4) is 5.75 Å². The van der Waals surface area contributed by atoms with Crippen LogP contribution in [0.25, 0.3) is 0 Å². The molecule has 0 saturated heterocycles. The fourth-order valence-corrected chi connectivity index (χ4v) is 3.37. The highest BCUT2D eigenvalue weighted by atomic mass is 35.5. The summed E-state index contributed by atoms with van der Waals surface area (Å²) in [5, 5.41) is 3.15. The number of benzene rings is 3. The predicted octanol–water partition coefficient (Wildman–Crippen LogP) is 4.40. The number of fused-ring (bicyclic) bond motifs is 1. The van der Waals surface area contributed by atoms with E-state index < -0.39 is 17.7 Å². The van der Waals surface area contributed by atoms with E-state index in [1.807, 2.05) is 0 Å². The molecule has 0 unspecified atom stereocenters. The zero-order valence-electron chi connectivity index (χ0n) is 15.3. The highest BCUT2D eigenvalue weighted by Crippen LogP contribution is 2.30. The molecule has 4 rings (SSSR count). The van der Waals surface area contributed by atoms with Gasteiger partial charge in [0.05, 0.1) is 29.5 Å². The van der Waals surface area contributed by atoms with Crippen molar-refractivity contribution in [2.75, 3.05) is 17.3 Å². The van der Waals surface area contributed by atoms with Crippen molar-refractivity contribution in [1.82, 2.24) is 0 Å². The maximum absolute atomic E-state index is 12.7. The average molecular weight is 407 g/mol. The topological polar surface area (TPSA) is 75.7 Å². The van der Waals surface area contributed by atoms with Gasteiger partial charge in [-0.3, -0.25) is 14.4 Å². The molecule has 3 amide bonds. The fraction of sp³-hybridized carbons (Fsp3) is 0.0455. The maximum atomic E-state index is 12.7. The number of carbonyl (C=O) groups excluding carboxylic acids is 3. The summed E-state index contributed by atoms with van der Waals surface area (Å²) in [6.45, 7) is 0. The number of hydrogen-bond donors (Lipinski definition) is 1. The monoisotopic (exact) mass is 406 g/mol. The van der Waals surface area contributed by atoms with Crippen LogP contribution in [-0.4, -0.2) is 24.8 Å². The number of ether oxygens (including phenoxy) is 1. The zero-order valence-corrected chi connectivity index (χ0v) is 16.1. The maximum Gasteiger partial charge on any atom is 0.266 e. The Hall–Kier alpha value is -3.64. The van der Waals surface area contributed by atoms with E-state index in [1.54, 1.807) is 60.7 Å². The number of nitrogens with one attached hydrogen (secondary N) is 1. The molecule has 7 heteroatoms. The molecule has 3 aromatic carbocycles. The number of carbonyl (C=O) groups is 3. The zero-order chi connectivity index (χ0) is 20.5. The van der Waals surface area contributed by atoms with Crippen molar-refractivity contribution in [3.05, 3.63) is 88.4 Å². The number of hydrogen-bond acceptors (Lipinski definition) is 4. The Labute approximate surface area is 171 Å². The van der Waals surface area contributed by atoms with Crippen molar-refractivity contribution in [3.63, 3.8) is 0 Å². The lowest BCUT2D eigenvalue weighted by atomic mass is 10.1. The van der Waals surface area contributed by atoms with Crippen LogP contribution in [0.2, 0.25) is 5.02 Å². The number of methoxy groups -OCH3 is 1. The molecule has 0 radical (unpaired) electrons. The summed E-state index contributed by atoms with van der Waals surface area (Å²) in [5.74, 6) is -0.844. The molecule has 1 heterocycles. The van der Waals surface area contributed by atoms with E-state index in [4.69, 9.17) is 16.3 Å². The van der Waals surface area contributed by atoms with E-state index in [-0.39, 0.29) is 5.56 Å². The number of anilines is 2. The Bertz CT molecular complexity index is 1120. The first-order valence-electron chi connectivity index (χ1n) is 8.72. The first kappa shape index (κ1) is 18.7. The van der Waals surface area contributed by atoms with E-state index >= 15 is 0 Å². The lowest BCUT2D eigenvalue weighted by molar-refractivity contribution is 0.0925. The van der Waals surface area contributed by atoms with Crippen LogP contribution in [0, 0.1) is 0 Å². The van der Waals surface area contributed by atoms with Crippen LogP contribution in [0.3, 0.4) is 0 Å². The van der Waals surface area contributed by atoms with Crippen LogP contribution in [0.4, 0.5) is 11.4 Å². The molecule has 0 aromatic heterocycles. The largest absolute Gasteiger partial charge is 0.496 e. The van der Waals surface area contributed by atoms with Crippen molar-refractivity contribution >= 4 is 40.7 Å². The molecule has 6 nitrogen and oxygen atoms in total. The van der Waals surface area contributed by atoms with Crippen LogP contribution in [0.15, 0.2) is 66.7 Å². The summed E-state index contributed by atoms with van der Waals surface area (Å²) in [6.07, 6.45) is 0. The molecule has 0 saturated carbocycles. The van der Waals surface area contributed by atoms with Gasteiger partial charge >= 0.3 is 0 Å². The third-order valence-corrected chi connectivity index (χ3v) is 4.80. The number of amides is 3. The molecule has 0 fully saturated rings. The molecule has 1 aliphatic heterocycles. The quantitative estimate of drug-likeness (QED) is 0.651. The normalized spacial score (nSPS) is 12.7. The number of imide groups is 1. The van der Waals surface area contributed by atoms with E-state index in [9.17, 15) is 14.4 Å². The number of rotatable bonds is 4. The Morgan fingerprint density at radius 1 is 0.931 bits per heavy atom. The minimum Gasteiger partial charge on any atom is -0.496 e. The summed E-state index contributed by atoms with van der Waals surface area (Å²) in [5.41, 5.74) is 1.77. The van der Waals surface area contributed by atoms with Gasteiger partial charge in [-0.1, -0.05) is 29.8 Å². The standard InChI is InChI=1S/C22H15ClN2O4/c1-29-19-10-9-13(23)11-18(19)20(26)24-14-5-4-6-15(12-14)25-21(27)16-7-2-3-8-17(16)22(25)28/h2-12H,1H3,(H,24,26). The average Bonchev–Trinajstić information content (AvgIpc) is 2.99. The molecule has 0 spiro atoms. The molecule has 0 bridgehead atoms. The van der Waals surface area contributed by atoms with Crippen LogP contribution >= 0.6 is 11.6 Å². The molecular formula is C22H15ClN2O4. The van der Waals surface area contributed by atoms with Gasteiger partial charge in [-0.25, -0.2) is 4.90 Å². The minimum absolute atomic E-state index is 0.270. The van der Waals surface area contributed by atoms with Gasteiger partial charge in [0.1, 0.15) is 5.75 Å². The van der Waals surface area contributed by atoms with Gasteiger partial charge in [-0.15, -0.1) is 0 Å². The second-order valence-electron chi connectivity index (χ2n) is 6.34. The summed E-state index contributed by atoms with van der Waals surface area (Å²) in [6, 6.07) is 17.9. The molecule has 1 aliphatic rings. The minimum atomic E-state index is -0.427. The van der Waals surface area contributed by atoms with Gasteiger partial charge in [-0.05, 0) is 48.5 Å². The van der Waals surface area contributed by atoms with Crippen LogP contribution < -0.4 is 15.0 Å². The van der Waals surface area contributed by atoms with E-state index in [0.717, 1.165) is 4.90 Å². The smallest absolute Gasteiger partial charge is 0.266 e. The van der Waals surface area contributed by atoms with Gasteiger partial charge < -0.3 is 10.1 Å². The third kappa shape index (κ3) is 3.34. The first-order valence-corrected chi connectivity index (χ1v) is 9.10. The summed E-state index contributed by atoms with van der Waals surface area (Å²) in [7, 11) is 1.46. The Kier molecular flexibility index (Phi) is 4.78. The van der Waals surface area contributed by atoms with Crippen LogP contribution in [0.1, 0.15) is 31.1 Å². The molecule has 29 heavy (non-hydrogen) atoms. The fourth-order valence-electron chi connectivity index (χ4n) is 3.20. The van der Waals surface area contributed by atoms with Crippen molar-refractivity contribution < 1.29 is 19.1 Å². The van der Waals surface area contributed by atoms with E-state index in [1.165, 1.54) is 13.2 Å². The van der Waals surface area contributed by atoms with Gasteiger partial charge in [-0.2, -0.15) is 0 Å². The van der Waals surface area contributed by atoms with Crippen molar-refractivity contribution in [1.29, 1.82) is 0 Å². The van der Waals surface area contributed by atoms with Crippen molar-refractivity contribution in [2.45, 2.75) is 0 Å². The summed E-state index contributed by atoms with van der Waals surface area (Å²) >= 11 is 5.99. The number of halogens is 1. The van der Waals surface area contributed by atoms with Gasteiger partial charge in [0, 0.05) is 10.7 Å². The Morgan fingerprint density at radius 3 is 2.28 bits per heavy atom. The first-order chi connectivity index (χ1) is 14.0. The van der Waals surface area contributed by atoms with Crippen molar-refractivity contribution in [2.24, 2.45) is 0 Å². The molecule has 3 aromatic rings. The van der Waals surface area contributed by atoms with Gasteiger partial charge in [0.15, 0.2) is 0 Å². The van der Waals surface area contributed by atoms with Crippen LogP contribution in [0.5, 0.6) is 5.75 Å².